The maximum Gasteiger partial charge on any atom is 0.343 e. The highest BCUT2D eigenvalue weighted by Crippen LogP contribution is 2.24. The van der Waals surface area contributed by atoms with Gasteiger partial charge < -0.3 is 20.2 Å². The molecule has 0 atom stereocenters. The number of benzene rings is 1. The van der Waals surface area contributed by atoms with Crippen LogP contribution in [0.25, 0.3) is 11.3 Å². The third-order valence-electron chi connectivity index (χ3n) is 3.87. The Morgan fingerprint density at radius 1 is 1.23 bits per heavy atom. The fraction of sp³-hybridized carbons (Fsp3) is 0.200. The van der Waals surface area contributed by atoms with Gasteiger partial charge >= 0.3 is 5.97 Å². The number of furan rings is 1. The number of nitrogen functional groups attached to an aromatic ring is 1. The SMILES string of the molecule is CCOC(=O)c1cnc(SCC(=O)NCc2ccc(-c3ccc(Cl)cc3)o2)nc1N. The molecule has 2 heterocycles. The molecule has 0 aliphatic carbocycles. The second-order valence-corrected chi connectivity index (χ2v) is 7.39. The molecule has 156 valence electrons. The number of nitrogens with two attached hydrogens (primary N) is 1. The van der Waals surface area contributed by atoms with Crippen LogP contribution in [-0.4, -0.2) is 34.2 Å². The Morgan fingerprint density at radius 2 is 2.00 bits per heavy atom. The largest absolute Gasteiger partial charge is 0.462 e. The lowest BCUT2D eigenvalue weighted by molar-refractivity contribution is -0.118. The number of ether oxygens (including phenoxy) is 1. The molecule has 0 saturated carbocycles. The minimum Gasteiger partial charge on any atom is -0.462 e. The fourth-order valence-electron chi connectivity index (χ4n) is 2.42. The minimum atomic E-state index is -0.583. The zero-order valence-electron chi connectivity index (χ0n) is 16.1. The summed E-state index contributed by atoms with van der Waals surface area (Å²) in [5, 5.41) is 3.71. The zero-order valence-corrected chi connectivity index (χ0v) is 17.6. The molecule has 0 saturated heterocycles. The Hall–Kier alpha value is -3.04. The number of hydrogen-bond acceptors (Lipinski definition) is 8. The number of hydrogen-bond donors (Lipinski definition) is 2. The molecule has 3 aromatic rings. The first kappa shape index (κ1) is 21.7. The molecule has 0 spiro atoms. The van der Waals surface area contributed by atoms with E-state index in [0.717, 1.165) is 17.3 Å². The smallest absolute Gasteiger partial charge is 0.343 e. The third-order valence-corrected chi connectivity index (χ3v) is 4.99. The van der Waals surface area contributed by atoms with Crippen LogP contribution in [0.1, 0.15) is 23.0 Å². The molecular weight excluding hydrogens is 428 g/mol. The summed E-state index contributed by atoms with van der Waals surface area (Å²) in [6.07, 6.45) is 1.29. The third kappa shape index (κ3) is 5.74. The molecule has 0 aliphatic rings. The van der Waals surface area contributed by atoms with E-state index in [1.165, 1.54) is 6.20 Å². The van der Waals surface area contributed by atoms with Gasteiger partial charge in [0.1, 0.15) is 22.9 Å². The van der Waals surface area contributed by atoms with Gasteiger partial charge in [0.15, 0.2) is 5.16 Å². The monoisotopic (exact) mass is 446 g/mol. The van der Waals surface area contributed by atoms with E-state index in [4.69, 9.17) is 26.5 Å². The summed E-state index contributed by atoms with van der Waals surface area (Å²) < 4.78 is 10.6. The van der Waals surface area contributed by atoms with Crippen LogP contribution < -0.4 is 11.1 Å². The fourth-order valence-corrected chi connectivity index (χ4v) is 3.20. The highest BCUT2D eigenvalue weighted by Gasteiger charge is 2.14. The lowest BCUT2D eigenvalue weighted by atomic mass is 10.2. The van der Waals surface area contributed by atoms with Gasteiger partial charge in [-0.05, 0) is 43.3 Å². The van der Waals surface area contributed by atoms with Gasteiger partial charge in [-0.3, -0.25) is 4.79 Å². The average molecular weight is 447 g/mol. The molecule has 30 heavy (non-hydrogen) atoms. The van der Waals surface area contributed by atoms with Crippen LogP contribution >= 0.6 is 23.4 Å². The van der Waals surface area contributed by atoms with Crippen LogP contribution in [0.15, 0.2) is 52.2 Å². The van der Waals surface area contributed by atoms with Crippen LogP contribution in [0, 0.1) is 0 Å². The molecule has 0 fully saturated rings. The van der Waals surface area contributed by atoms with Crippen LogP contribution in [0.5, 0.6) is 0 Å². The number of nitrogens with one attached hydrogen (secondary N) is 1. The van der Waals surface area contributed by atoms with Crippen molar-refractivity contribution in [3.05, 3.63) is 58.9 Å². The maximum absolute atomic E-state index is 12.1. The second-order valence-electron chi connectivity index (χ2n) is 6.01. The molecule has 0 radical (unpaired) electrons. The van der Waals surface area contributed by atoms with E-state index >= 15 is 0 Å². The summed E-state index contributed by atoms with van der Waals surface area (Å²) in [6, 6.07) is 10.9. The molecule has 8 nitrogen and oxygen atoms in total. The molecule has 3 rings (SSSR count). The van der Waals surface area contributed by atoms with Gasteiger partial charge in [-0.15, -0.1) is 0 Å². The number of halogens is 1. The second kappa shape index (κ2) is 10.1. The number of carbonyl (C=O) groups excluding carboxylic acids is 2. The summed E-state index contributed by atoms with van der Waals surface area (Å²) in [6.45, 7) is 2.17. The van der Waals surface area contributed by atoms with E-state index in [2.05, 4.69) is 15.3 Å². The van der Waals surface area contributed by atoms with Crippen molar-refractivity contribution < 1.29 is 18.7 Å². The first-order chi connectivity index (χ1) is 14.5. The summed E-state index contributed by atoms with van der Waals surface area (Å²) >= 11 is 6.99. The molecule has 10 heteroatoms. The van der Waals surface area contributed by atoms with Crippen LogP contribution in [0.3, 0.4) is 0 Å². The van der Waals surface area contributed by atoms with Crippen LogP contribution in [0.2, 0.25) is 5.02 Å². The lowest BCUT2D eigenvalue weighted by Gasteiger charge is -2.06. The Labute approximate surface area is 182 Å². The van der Waals surface area contributed by atoms with Gasteiger partial charge in [-0.2, -0.15) is 0 Å². The van der Waals surface area contributed by atoms with Crippen molar-refractivity contribution in [2.75, 3.05) is 18.1 Å². The Bertz CT molecular complexity index is 1040. The molecule has 1 amide bonds. The quantitative estimate of drug-likeness (QED) is 0.306. The predicted molar refractivity (Wildman–Crippen MR) is 114 cm³/mol. The first-order valence-corrected chi connectivity index (χ1v) is 10.4. The summed E-state index contributed by atoms with van der Waals surface area (Å²) in [7, 11) is 0. The highest BCUT2D eigenvalue weighted by atomic mass is 35.5. The number of thioether (sulfide) groups is 1. The summed E-state index contributed by atoms with van der Waals surface area (Å²) in [5.74, 6) is 0.607. The van der Waals surface area contributed by atoms with E-state index < -0.39 is 5.97 Å². The number of carbonyl (C=O) groups is 2. The van der Waals surface area contributed by atoms with Crippen molar-refractivity contribution >= 4 is 41.1 Å². The van der Waals surface area contributed by atoms with Gasteiger partial charge in [0.25, 0.3) is 0 Å². The minimum absolute atomic E-state index is 0.0108. The molecule has 0 aliphatic heterocycles. The van der Waals surface area contributed by atoms with E-state index in [9.17, 15) is 9.59 Å². The summed E-state index contributed by atoms with van der Waals surface area (Å²) in [4.78, 5) is 31.9. The van der Waals surface area contributed by atoms with E-state index in [-0.39, 0.29) is 36.2 Å². The van der Waals surface area contributed by atoms with Gasteiger partial charge in [-0.25, -0.2) is 14.8 Å². The highest BCUT2D eigenvalue weighted by molar-refractivity contribution is 7.99. The Balaban J connectivity index is 1.49. The van der Waals surface area contributed by atoms with E-state index in [1.807, 2.05) is 18.2 Å². The molecule has 2 aromatic heterocycles. The van der Waals surface area contributed by atoms with Crippen molar-refractivity contribution in [2.24, 2.45) is 0 Å². The van der Waals surface area contributed by atoms with Crippen molar-refractivity contribution in [3.8, 4) is 11.3 Å². The van der Waals surface area contributed by atoms with Crippen LogP contribution in [0.4, 0.5) is 5.82 Å². The van der Waals surface area contributed by atoms with Gasteiger partial charge in [0.2, 0.25) is 5.91 Å². The number of amides is 1. The standard InChI is InChI=1S/C20H19ClN4O4S/c1-2-28-19(27)15-10-24-20(25-18(15)22)30-11-17(26)23-9-14-7-8-16(29-14)12-3-5-13(21)6-4-12/h3-8,10H,2,9,11H2,1H3,(H,23,26)(H2,22,24,25). The number of rotatable bonds is 8. The first-order valence-electron chi connectivity index (χ1n) is 9.00. The average Bonchev–Trinajstić information content (AvgIpc) is 3.20. The molecule has 0 bridgehead atoms. The predicted octanol–water partition coefficient (Wildman–Crippen LogP) is 3.56. The van der Waals surface area contributed by atoms with Gasteiger partial charge in [0.05, 0.1) is 18.9 Å². The van der Waals surface area contributed by atoms with Gasteiger partial charge in [0, 0.05) is 16.8 Å². The molecule has 3 N–H and O–H groups in total. The Kier molecular flexibility index (Phi) is 7.31. The normalized spacial score (nSPS) is 10.6. The molecular formula is C20H19ClN4O4S. The van der Waals surface area contributed by atoms with E-state index in [0.29, 0.717) is 21.7 Å². The maximum atomic E-state index is 12.1. The topological polar surface area (TPSA) is 120 Å². The van der Waals surface area contributed by atoms with Crippen molar-refractivity contribution in [1.82, 2.24) is 15.3 Å². The lowest BCUT2D eigenvalue weighted by Crippen LogP contribution is -2.24. The number of aromatic nitrogens is 2. The summed E-state index contributed by atoms with van der Waals surface area (Å²) in [5.41, 5.74) is 6.76. The zero-order chi connectivity index (χ0) is 21.5. The van der Waals surface area contributed by atoms with Crippen molar-refractivity contribution in [3.63, 3.8) is 0 Å². The number of esters is 1. The van der Waals surface area contributed by atoms with E-state index in [1.54, 1.807) is 25.1 Å². The van der Waals surface area contributed by atoms with Gasteiger partial charge in [-0.1, -0.05) is 23.4 Å². The Morgan fingerprint density at radius 3 is 2.70 bits per heavy atom. The number of nitrogens with zero attached hydrogens (tertiary/aromatic N) is 2. The molecule has 0 unspecified atom stereocenters. The number of anilines is 1. The van der Waals surface area contributed by atoms with Crippen molar-refractivity contribution in [1.29, 1.82) is 0 Å². The molecule has 1 aromatic carbocycles. The van der Waals surface area contributed by atoms with Crippen LogP contribution in [-0.2, 0) is 16.1 Å². The van der Waals surface area contributed by atoms with Crippen molar-refractivity contribution in [2.45, 2.75) is 18.6 Å².